The standard InChI is InChI=1S/C14H24BrNS/c1-5-8-16-10-14(3,4)7-6-12-9-13(15)17-11(12)2/h9,16H,5-8,10H2,1-4H3. The molecule has 17 heavy (non-hydrogen) atoms. The summed E-state index contributed by atoms with van der Waals surface area (Å²) >= 11 is 5.40. The average molecular weight is 318 g/mol. The van der Waals surface area contributed by atoms with Gasteiger partial charge >= 0.3 is 0 Å². The highest BCUT2D eigenvalue weighted by molar-refractivity contribution is 9.11. The highest BCUT2D eigenvalue weighted by Crippen LogP contribution is 2.30. The van der Waals surface area contributed by atoms with Crippen LogP contribution in [-0.2, 0) is 6.42 Å². The quantitative estimate of drug-likeness (QED) is 0.714. The van der Waals surface area contributed by atoms with Crippen LogP contribution in [0.15, 0.2) is 9.85 Å². The smallest absolute Gasteiger partial charge is 0.0704 e. The molecule has 1 aromatic heterocycles. The minimum Gasteiger partial charge on any atom is -0.316 e. The summed E-state index contributed by atoms with van der Waals surface area (Å²) in [6.07, 6.45) is 3.65. The lowest BCUT2D eigenvalue weighted by Gasteiger charge is -2.25. The molecule has 1 aromatic rings. The lowest BCUT2D eigenvalue weighted by molar-refractivity contribution is 0.315. The van der Waals surface area contributed by atoms with E-state index in [2.05, 4.69) is 55.0 Å². The SMILES string of the molecule is CCCNCC(C)(C)CCc1cc(Br)sc1C. The lowest BCUT2D eigenvalue weighted by Crippen LogP contribution is -2.30. The molecule has 0 aliphatic carbocycles. The Balaban J connectivity index is 2.40. The minimum atomic E-state index is 0.385. The zero-order chi connectivity index (χ0) is 12.9. The number of hydrogen-bond acceptors (Lipinski definition) is 2. The molecule has 0 saturated carbocycles. The van der Waals surface area contributed by atoms with Crippen LogP contribution >= 0.6 is 27.3 Å². The molecule has 0 aromatic carbocycles. The molecule has 0 atom stereocenters. The summed E-state index contributed by atoms with van der Waals surface area (Å²) in [5.74, 6) is 0. The van der Waals surface area contributed by atoms with Crippen molar-refractivity contribution in [2.45, 2.75) is 47.0 Å². The van der Waals surface area contributed by atoms with Crippen molar-refractivity contribution in [3.05, 3.63) is 20.3 Å². The monoisotopic (exact) mass is 317 g/mol. The summed E-state index contributed by atoms with van der Waals surface area (Å²) in [6, 6.07) is 2.27. The van der Waals surface area contributed by atoms with E-state index >= 15 is 0 Å². The number of halogens is 1. The van der Waals surface area contributed by atoms with Gasteiger partial charge in [0.1, 0.15) is 0 Å². The Hall–Kier alpha value is 0.140. The van der Waals surface area contributed by atoms with Crippen LogP contribution in [0, 0.1) is 12.3 Å². The molecule has 0 amide bonds. The Morgan fingerprint density at radius 3 is 2.65 bits per heavy atom. The number of hydrogen-bond donors (Lipinski definition) is 1. The van der Waals surface area contributed by atoms with E-state index in [0.29, 0.717) is 5.41 Å². The summed E-state index contributed by atoms with van der Waals surface area (Å²) in [6.45, 7) is 11.4. The summed E-state index contributed by atoms with van der Waals surface area (Å²) in [5, 5.41) is 3.52. The first-order valence-electron chi connectivity index (χ1n) is 6.40. The van der Waals surface area contributed by atoms with E-state index in [9.17, 15) is 0 Å². The largest absolute Gasteiger partial charge is 0.316 e. The van der Waals surface area contributed by atoms with Gasteiger partial charge in [0.25, 0.3) is 0 Å². The molecule has 1 N–H and O–H groups in total. The highest BCUT2D eigenvalue weighted by atomic mass is 79.9. The van der Waals surface area contributed by atoms with Crippen LogP contribution in [0.1, 0.15) is 44.1 Å². The van der Waals surface area contributed by atoms with Crippen LogP contribution in [0.3, 0.4) is 0 Å². The molecule has 0 spiro atoms. The van der Waals surface area contributed by atoms with Crippen molar-refractivity contribution in [2.75, 3.05) is 13.1 Å². The van der Waals surface area contributed by atoms with Gasteiger partial charge in [0, 0.05) is 11.4 Å². The maximum Gasteiger partial charge on any atom is 0.0704 e. The van der Waals surface area contributed by atoms with Crippen LogP contribution in [0.4, 0.5) is 0 Å². The molecule has 98 valence electrons. The molecule has 1 nitrogen and oxygen atoms in total. The van der Waals surface area contributed by atoms with Gasteiger partial charge in [-0.05, 0) is 65.7 Å². The molecule has 0 radical (unpaired) electrons. The Labute approximate surface area is 118 Å². The first-order chi connectivity index (χ1) is 7.94. The van der Waals surface area contributed by atoms with Gasteiger partial charge in [-0.1, -0.05) is 20.8 Å². The summed E-state index contributed by atoms with van der Waals surface area (Å²) in [7, 11) is 0. The van der Waals surface area contributed by atoms with Gasteiger partial charge in [-0.25, -0.2) is 0 Å². The first kappa shape index (κ1) is 15.2. The molecule has 1 heterocycles. The topological polar surface area (TPSA) is 12.0 Å². The van der Waals surface area contributed by atoms with E-state index in [4.69, 9.17) is 0 Å². The van der Waals surface area contributed by atoms with Gasteiger partial charge in [-0.2, -0.15) is 0 Å². The van der Waals surface area contributed by atoms with Crippen LogP contribution in [-0.4, -0.2) is 13.1 Å². The van der Waals surface area contributed by atoms with Crippen LogP contribution in [0.25, 0.3) is 0 Å². The molecule has 0 aliphatic rings. The average Bonchev–Trinajstić information content (AvgIpc) is 2.55. The van der Waals surface area contributed by atoms with Gasteiger partial charge in [-0.15, -0.1) is 11.3 Å². The number of nitrogens with one attached hydrogen (secondary N) is 1. The number of rotatable bonds is 7. The molecule has 1 rings (SSSR count). The molecule has 0 unspecified atom stereocenters. The van der Waals surface area contributed by atoms with Crippen molar-refractivity contribution < 1.29 is 0 Å². The van der Waals surface area contributed by atoms with E-state index in [1.807, 2.05) is 11.3 Å². The van der Waals surface area contributed by atoms with Crippen molar-refractivity contribution in [1.29, 1.82) is 0 Å². The number of aryl methyl sites for hydroxylation is 2. The predicted molar refractivity (Wildman–Crippen MR) is 82.0 cm³/mol. The van der Waals surface area contributed by atoms with E-state index in [1.54, 1.807) is 0 Å². The Bertz CT molecular complexity index is 344. The van der Waals surface area contributed by atoms with Gasteiger partial charge in [0.15, 0.2) is 0 Å². The van der Waals surface area contributed by atoms with E-state index in [-0.39, 0.29) is 0 Å². The predicted octanol–water partition coefficient (Wildman–Crippen LogP) is 4.78. The summed E-state index contributed by atoms with van der Waals surface area (Å²) < 4.78 is 1.26. The van der Waals surface area contributed by atoms with Crippen molar-refractivity contribution in [2.24, 2.45) is 5.41 Å². The van der Waals surface area contributed by atoms with Gasteiger partial charge in [0.2, 0.25) is 0 Å². The fraction of sp³-hybridized carbons (Fsp3) is 0.714. The zero-order valence-electron chi connectivity index (χ0n) is 11.4. The van der Waals surface area contributed by atoms with Crippen molar-refractivity contribution in [3.8, 4) is 0 Å². The normalized spacial score (nSPS) is 12.1. The third-order valence-corrected chi connectivity index (χ3v) is 4.69. The Morgan fingerprint density at radius 1 is 1.41 bits per heavy atom. The maximum absolute atomic E-state index is 3.56. The number of thiophene rings is 1. The van der Waals surface area contributed by atoms with Crippen molar-refractivity contribution in [3.63, 3.8) is 0 Å². The van der Waals surface area contributed by atoms with Crippen LogP contribution in [0.2, 0.25) is 0 Å². The molecule has 0 aliphatic heterocycles. The van der Waals surface area contributed by atoms with Gasteiger partial charge in [-0.3, -0.25) is 0 Å². The molecule has 0 fully saturated rings. The maximum atomic E-state index is 3.56. The second-order valence-electron chi connectivity index (χ2n) is 5.47. The summed E-state index contributed by atoms with van der Waals surface area (Å²) in [5.41, 5.74) is 1.89. The fourth-order valence-electron chi connectivity index (χ4n) is 1.89. The molecule has 0 bridgehead atoms. The van der Waals surface area contributed by atoms with Gasteiger partial charge < -0.3 is 5.32 Å². The van der Waals surface area contributed by atoms with E-state index in [1.165, 1.54) is 33.5 Å². The Morgan fingerprint density at radius 2 is 2.12 bits per heavy atom. The second kappa shape index (κ2) is 6.91. The molecule has 0 saturated heterocycles. The van der Waals surface area contributed by atoms with E-state index in [0.717, 1.165) is 13.1 Å². The second-order valence-corrected chi connectivity index (χ2v) is 8.11. The highest BCUT2D eigenvalue weighted by Gasteiger charge is 2.18. The third-order valence-electron chi connectivity index (χ3n) is 3.09. The van der Waals surface area contributed by atoms with Gasteiger partial charge in [0.05, 0.1) is 3.79 Å². The third kappa shape index (κ3) is 5.54. The zero-order valence-corrected chi connectivity index (χ0v) is 13.8. The van der Waals surface area contributed by atoms with Crippen LogP contribution < -0.4 is 5.32 Å². The van der Waals surface area contributed by atoms with Crippen molar-refractivity contribution >= 4 is 27.3 Å². The van der Waals surface area contributed by atoms with Crippen molar-refractivity contribution in [1.82, 2.24) is 5.32 Å². The lowest BCUT2D eigenvalue weighted by atomic mass is 9.86. The molecule has 3 heteroatoms. The minimum absolute atomic E-state index is 0.385. The molecular formula is C14H24BrNS. The summed E-state index contributed by atoms with van der Waals surface area (Å²) in [4.78, 5) is 1.45. The molecular weight excluding hydrogens is 294 g/mol. The first-order valence-corrected chi connectivity index (χ1v) is 8.01. The Kier molecular flexibility index (Phi) is 6.18. The van der Waals surface area contributed by atoms with Crippen LogP contribution in [0.5, 0.6) is 0 Å². The fourth-order valence-corrected chi connectivity index (χ4v) is 3.68. The van der Waals surface area contributed by atoms with E-state index < -0.39 is 0 Å².